The Balaban J connectivity index is 0.757. The quantitative estimate of drug-likeness (QED) is 0.0318. The van der Waals surface area contributed by atoms with E-state index >= 15 is 0 Å². The highest BCUT2D eigenvalue weighted by Crippen LogP contribution is 2.42. The number of carboxylic acids is 1. The van der Waals surface area contributed by atoms with Gasteiger partial charge in [-0.05, 0) is 74.0 Å². The number of fused-ring (bicyclic) bond motifs is 3. The van der Waals surface area contributed by atoms with E-state index in [2.05, 4.69) is 20.7 Å². The zero-order chi connectivity index (χ0) is 50.7. The lowest BCUT2D eigenvalue weighted by Gasteiger charge is -2.19. The SMILES string of the molecule is CC(C)Oc1cc(Cl)ccc1CNc1cc(-c2cccc(OCCOCCOCCOCCNC(=O)c3ccc(-c4c5ccc(=[N+](C)C)cc-5oc5cc(N(C)C)ccc45)c(C(=O)O)c3)c2)nc2ncnn12. The van der Waals surface area contributed by atoms with E-state index in [9.17, 15) is 14.7 Å². The van der Waals surface area contributed by atoms with Crippen LogP contribution >= 0.6 is 11.6 Å². The Kier molecular flexibility index (Phi) is 16.6. The molecule has 1 amide bonds. The molecule has 3 heterocycles. The van der Waals surface area contributed by atoms with E-state index in [-0.39, 0.29) is 30.4 Å². The third-order valence-corrected chi connectivity index (χ3v) is 11.7. The van der Waals surface area contributed by atoms with E-state index < -0.39 is 11.9 Å². The lowest BCUT2D eigenvalue weighted by Crippen LogP contribution is -2.28. The number of nitrogens with zero attached hydrogens (tertiary/aromatic N) is 6. The summed E-state index contributed by atoms with van der Waals surface area (Å²) in [5.41, 5.74) is 6.18. The third-order valence-electron chi connectivity index (χ3n) is 11.5. The summed E-state index contributed by atoms with van der Waals surface area (Å²) in [7, 11) is 7.78. The molecule has 72 heavy (non-hydrogen) atoms. The van der Waals surface area contributed by atoms with E-state index in [1.165, 1.54) is 12.4 Å². The van der Waals surface area contributed by atoms with Crippen LogP contribution in [0.4, 0.5) is 11.5 Å². The number of hydrogen-bond donors (Lipinski definition) is 3. The Labute approximate surface area is 421 Å². The average Bonchev–Trinajstić information content (AvgIpc) is 3.85. The molecule has 8 rings (SSSR count). The Morgan fingerprint density at radius 1 is 0.847 bits per heavy atom. The van der Waals surface area contributed by atoms with Crippen LogP contribution in [-0.2, 0) is 20.8 Å². The topological polar surface area (TPSA) is 187 Å². The van der Waals surface area contributed by atoms with Gasteiger partial charge in [-0.15, -0.1) is 0 Å². The Bertz CT molecular complexity index is 3240. The molecule has 0 spiro atoms. The van der Waals surface area contributed by atoms with E-state index in [0.717, 1.165) is 33.1 Å². The fourth-order valence-corrected chi connectivity index (χ4v) is 8.11. The average molecular weight is 999 g/mol. The monoisotopic (exact) mass is 997 g/mol. The molecule has 6 aromatic rings. The highest BCUT2D eigenvalue weighted by atomic mass is 35.5. The van der Waals surface area contributed by atoms with Crippen molar-refractivity contribution in [3.8, 4) is 45.2 Å². The second kappa shape index (κ2) is 23.6. The number of ether oxygens (including phenoxy) is 5. The van der Waals surface area contributed by atoms with Gasteiger partial charge in [-0.1, -0.05) is 35.9 Å². The van der Waals surface area contributed by atoms with Gasteiger partial charge in [0.05, 0.1) is 63.1 Å². The molecule has 0 radical (unpaired) electrons. The van der Waals surface area contributed by atoms with Crippen LogP contribution < -0.4 is 34.9 Å². The maximum atomic E-state index is 13.2. The summed E-state index contributed by atoms with van der Waals surface area (Å²) in [6.45, 7) is 6.96. The summed E-state index contributed by atoms with van der Waals surface area (Å²) in [5, 5.41) is 23.4. The van der Waals surface area contributed by atoms with Crippen LogP contribution in [0.15, 0.2) is 114 Å². The molecule has 0 bridgehead atoms. The molecule has 2 aliphatic rings. The van der Waals surface area contributed by atoms with Crippen molar-refractivity contribution < 1.29 is 42.8 Å². The van der Waals surface area contributed by atoms with Crippen LogP contribution in [0.2, 0.25) is 5.02 Å². The molecule has 374 valence electrons. The van der Waals surface area contributed by atoms with Crippen LogP contribution in [0.3, 0.4) is 0 Å². The molecule has 4 aromatic carbocycles. The van der Waals surface area contributed by atoms with Gasteiger partial charge in [0.15, 0.2) is 0 Å². The zero-order valence-electron chi connectivity index (χ0n) is 41.1. The Hall–Kier alpha value is -7.57. The van der Waals surface area contributed by atoms with Gasteiger partial charge in [0, 0.05) is 89.3 Å². The Morgan fingerprint density at radius 2 is 1.61 bits per heavy atom. The fraction of sp³-hybridized carbons (Fsp3) is 0.296. The lowest BCUT2D eigenvalue weighted by molar-refractivity contribution is 0.00988. The van der Waals surface area contributed by atoms with Crippen molar-refractivity contribution in [2.75, 3.05) is 91.2 Å². The highest BCUT2D eigenvalue weighted by molar-refractivity contribution is 6.30. The van der Waals surface area contributed by atoms with Gasteiger partial charge in [-0.25, -0.2) is 14.4 Å². The van der Waals surface area contributed by atoms with Crippen molar-refractivity contribution in [3.63, 3.8) is 0 Å². The number of carbonyl (C=O) groups is 2. The molecule has 18 heteroatoms. The number of rotatable bonds is 23. The number of nitrogens with one attached hydrogen (secondary N) is 2. The first-order valence-corrected chi connectivity index (χ1v) is 23.9. The molecule has 0 saturated heterocycles. The van der Waals surface area contributed by atoms with Gasteiger partial charge >= 0.3 is 5.97 Å². The molecule has 1 aliphatic carbocycles. The zero-order valence-corrected chi connectivity index (χ0v) is 41.9. The van der Waals surface area contributed by atoms with Crippen molar-refractivity contribution in [1.82, 2.24) is 29.5 Å². The van der Waals surface area contributed by atoms with Gasteiger partial charge in [0.2, 0.25) is 5.36 Å². The molecule has 3 N–H and O–H groups in total. The first-order chi connectivity index (χ1) is 34.8. The lowest BCUT2D eigenvalue weighted by atomic mass is 9.89. The largest absolute Gasteiger partial charge is 0.491 e. The number of halogens is 1. The maximum Gasteiger partial charge on any atom is 0.336 e. The van der Waals surface area contributed by atoms with E-state index in [1.807, 2.05) is 136 Å². The molecule has 0 unspecified atom stereocenters. The number of benzene rings is 5. The second-order valence-electron chi connectivity index (χ2n) is 17.4. The number of carboxylic acid groups (broad SMARTS) is 1. The second-order valence-corrected chi connectivity index (χ2v) is 17.9. The number of hydrogen-bond acceptors (Lipinski definition) is 13. The minimum absolute atomic E-state index is 0.00132. The predicted octanol–water partition coefficient (Wildman–Crippen LogP) is 8.02. The van der Waals surface area contributed by atoms with E-state index in [0.29, 0.717) is 102 Å². The van der Waals surface area contributed by atoms with Crippen LogP contribution in [-0.4, -0.2) is 124 Å². The van der Waals surface area contributed by atoms with Gasteiger partial charge in [0.25, 0.3) is 11.7 Å². The van der Waals surface area contributed by atoms with Crippen LogP contribution in [0.5, 0.6) is 11.5 Å². The van der Waals surface area contributed by atoms with Crippen molar-refractivity contribution in [1.29, 1.82) is 0 Å². The van der Waals surface area contributed by atoms with Gasteiger partial charge in [-0.2, -0.15) is 14.6 Å². The van der Waals surface area contributed by atoms with E-state index in [4.69, 9.17) is 44.7 Å². The third kappa shape index (κ3) is 12.5. The minimum Gasteiger partial charge on any atom is -0.491 e. The summed E-state index contributed by atoms with van der Waals surface area (Å²) in [4.78, 5) is 37.0. The molecule has 17 nitrogen and oxygen atoms in total. The molecular formula is C54H58ClN8O9+. The maximum absolute atomic E-state index is 13.2. The molecule has 0 atom stereocenters. The number of aromatic nitrogens is 4. The van der Waals surface area contributed by atoms with Crippen molar-refractivity contribution in [2.45, 2.75) is 26.5 Å². The summed E-state index contributed by atoms with van der Waals surface area (Å²) in [6.07, 6.45) is 1.46. The summed E-state index contributed by atoms with van der Waals surface area (Å²) in [5.74, 6) is 1.57. The summed E-state index contributed by atoms with van der Waals surface area (Å²) >= 11 is 6.26. The normalized spacial score (nSPS) is 11.4. The molecule has 2 aromatic heterocycles. The fourth-order valence-electron chi connectivity index (χ4n) is 7.95. The highest BCUT2D eigenvalue weighted by Gasteiger charge is 2.24. The number of carbonyl (C=O) groups excluding carboxylic acids is 1. The van der Waals surface area contributed by atoms with Crippen molar-refractivity contribution in [2.24, 2.45) is 0 Å². The van der Waals surface area contributed by atoms with Crippen LogP contribution in [0, 0.1) is 0 Å². The smallest absolute Gasteiger partial charge is 0.336 e. The standard InChI is InChI=1S/C54H57ClN8O9/c1-34(2)71-47-28-38(55)12-10-37(47)32-57-50-31-46(60-54-58-33-59-63(50)54)35-8-7-9-41(26-35)70-25-24-69-23-22-68-21-20-67-19-18-56-52(64)36-11-15-42(45(27-36)53(65)66)51-43-16-13-39(61(3)4)29-48(43)72-49-30-40(62(5)6)14-17-44(49)51/h7-17,26-31,33-34H,18-25,32H2,1-6H3,(H2-,56,57,58,59,60,64,65,66)/p+1. The first-order valence-electron chi connectivity index (χ1n) is 23.5. The summed E-state index contributed by atoms with van der Waals surface area (Å²) < 4.78 is 39.1. The predicted molar refractivity (Wildman–Crippen MR) is 278 cm³/mol. The van der Waals surface area contributed by atoms with Gasteiger partial charge < -0.3 is 48.7 Å². The van der Waals surface area contributed by atoms with Crippen LogP contribution in [0.25, 0.3) is 50.5 Å². The van der Waals surface area contributed by atoms with Crippen molar-refractivity contribution in [3.05, 3.63) is 137 Å². The number of anilines is 2. The van der Waals surface area contributed by atoms with Crippen LogP contribution in [0.1, 0.15) is 40.1 Å². The summed E-state index contributed by atoms with van der Waals surface area (Å²) in [6, 6.07) is 31.6. The van der Waals surface area contributed by atoms with Gasteiger partial charge in [0.1, 0.15) is 55.7 Å². The molecule has 1 aliphatic heterocycles. The van der Waals surface area contributed by atoms with E-state index in [1.54, 1.807) is 16.6 Å². The number of amides is 1. The molecule has 0 saturated carbocycles. The van der Waals surface area contributed by atoms with Crippen molar-refractivity contribution >= 4 is 51.7 Å². The molecular weight excluding hydrogens is 940 g/mol. The Morgan fingerprint density at radius 3 is 2.36 bits per heavy atom. The molecule has 0 fully saturated rings. The minimum atomic E-state index is -1.15. The number of aromatic carboxylic acids is 1. The first kappa shape index (κ1) is 50.8. The van der Waals surface area contributed by atoms with Gasteiger partial charge in [-0.3, -0.25) is 4.79 Å².